The second-order valence-corrected chi connectivity index (χ2v) is 4.87. The number of hydrogen-bond acceptors (Lipinski definition) is 6. The summed E-state index contributed by atoms with van der Waals surface area (Å²) in [6.07, 6.45) is 0. The number of halogens is 3. The van der Waals surface area contributed by atoms with Crippen molar-refractivity contribution in [3.8, 4) is 0 Å². The maximum atomic E-state index is 14.1. The molecule has 1 aromatic rings. The lowest BCUT2D eigenvalue weighted by Crippen LogP contribution is -2.36. The van der Waals surface area contributed by atoms with E-state index in [1.54, 1.807) is 0 Å². The van der Waals surface area contributed by atoms with Gasteiger partial charge in [-0.05, 0) is 12.1 Å². The van der Waals surface area contributed by atoms with Gasteiger partial charge in [0.25, 0.3) is 0 Å². The van der Waals surface area contributed by atoms with E-state index in [-0.39, 0.29) is 5.02 Å². The lowest BCUT2D eigenvalue weighted by Gasteiger charge is -2.21. The average molecular weight is 352 g/mol. The van der Waals surface area contributed by atoms with Crippen LogP contribution in [0.5, 0.6) is 0 Å². The first-order valence-corrected chi connectivity index (χ1v) is 6.52. The van der Waals surface area contributed by atoms with Gasteiger partial charge in [-0.2, -0.15) is 0 Å². The zero-order valence-electron chi connectivity index (χ0n) is 12.0. The number of nitro groups is 1. The van der Waals surface area contributed by atoms with Crippen molar-refractivity contribution in [2.75, 3.05) is 20.8 Å². The van der Waals surface area contributed by atoms with E-state index in [2.05, 4.69) is 9.47 Å². The van der Waals surface area contributed by atoms with Crippen molar-refractivity contribution in [1.29, 1.82) is 0 Å². The molecule has 1 aromatic carbocycles. The van der Waals surface area contributed by atoms with E-state index in [1.807, 2.05) is 0 Å². The molecule has 0 aliphatic carbocycles. The molecule has 126 valence electrons. The van der Waals surface area contributed by atoms with Crippen LogP contribution in [0, 0.1) is 27.7 Å². The molecule has 0 aromatic heterocycles. The molecule has 0 aliphatic rings. The summed E-state index contributed by atoms with van der Waals surface area (Å²) in [6.45, 7) is -1.09. The number of carbonyl (C=O) groups is 2. The number of carbonyl (C=O) groups excluding carboxylic acids is 2. The molecule has 0 saturated heterocycles. The van der Waals surface area contributed by atoms with Crippen molar-refractivity contribution in [1.82, 2.24) is 0 Å². The first-order valence-electron chi connectivity index (χ1n) is 6.14. The lowest BCUT2D eigenvalue weighted by atomic mass is 9.85. The molecule has 0 aliphatic heterocycles. The van der Waals surface area contributed by atoms with Crippen molar-refractivity contribution < 1.29 is 32.8 Å². The van der Waals surface area contributed by atoms with Gasteiger partial charge in [-0.1, -0.05) is 11.6 Å². The number of nitrogens with zero attached hydrogens (tertiary/aromatic N) is 1. The van der Waals surface area contributed by atoms with Crippen molar-refractivity contribution >= 4 is 23.5 Å². The zero-order valence-corrected chi connectivity index (χ0v) is 12.8. The van der Waals surface area contributed by atoms with E-state index in [4.69, 9.17) is 11.6 Å². The fraction of sp³-hybridized carbons (Fsp3) is 0.385. The topological polar surface area (TPSA) is 95.7 Å². The van der Waals surface area contributed by atoms with Crippen molar-refractivity contribution in [2.24, 2.45) is 5.92 Å². The Morgan fingerprint density at radius 2 is 1.65 bits per heavy atom. The highest BCUT2D eigenvalue weighted by atomic mass is 35.5. The minimum absolute atomic E-state index is 0.281. The molecule has 0 fully saturated rings. The molecule has 7 nitrogen and oxygen atoms in total. The van der Waals surface area contributed by atoms with Crippen LogP contribution in [0.3, 0.4) is 0 Å². The Morgan fingerprint density at radius 1 is 1.22 bits per heavy atom. The number of methoxy groups -OCH3 is 2. The predicted molar refractivity (Wildman–Crippen MR) is 73.5 cm³/mol. The second kappa shape index (κ2) is 7.82. The molecular formula is C13H12ClF2NO6. The highest BCUT2D eigenvalue weighted by Gasteiger charge is 2.43. The molecule has 0 amide bonds. The van der Waals surface area contributed by atoms with Gasteiger partial charge < -0.3 is 9.47 Å². The Balaban J connectivity index is 3.52. The maximum absolute atomic E-state index is 14.1. The molecule has 0 radical (unpaired) electrons. The molecule has 0 N–H and O–H groups in total. The fourth-order valence-corrected chi connectivity index (χ4v) is 2.30. The van der Waals surface area contributed by atoms with Crippen LogP contribution >= 0.6 is 11.6 Å². The Kier molecular flexibility index (Phi) is 6.38. The summed E-state index contributed by atoms with van der Waals surface area (Å²) in [7, 11) is 1.85. The summed E-state index contributed by atoms with van der Waals surface area (Å²) >= 11 is 5.49. The van der Waals surface area contributed by atoms with Crippen molar-refractivity contribution in [2.45, 2.75) is 5.92 Å². The van der Waals surface area contributed by atoms with Gasteiger partial charge >= 0.3 is 11.9 Å². The maximum Gasteiger partial charge on any atom is 0.320 e. The molecule has 1 unspecified atom stereocenters. The third-order valence-electron chi connectivity index (χ3n) is 3.07. The number of esters is 2. The van der Waals surface area contributed by atoms with Crippen LogP contribution in [-0.4, -0.2) is 37.6 Å². The molecule has 1 rings (SSSR count). The first-order chi connectivity index (χ1) is 10.7. The lowest BCUT2D eigenvalue weighted by molar-refractivity contribution is -0.484. The smallest absolute Gasteiger partial charge is 0.320 e. The molecule has 0 saturated carbocycles. The molecule has 10 heteroatoms. The third-order valence-corrected chi connectivity index (χ3v) is 3.29. The number of ether oxygens (including phenoxy) is 2. The predicted octanol–water partition coefficient (Wildman–Crippen LogP) is 1.94. The average Bonchev–Trinajstić information content (AvgIpc) is 2.45. The van der Waals surface area contributed by atoms with E-state index in [9.17, 15) is 28.5 Å². The summed E-state index contributed by atoms with van der Waals surface area (Å²) in [5, 5.41) is 10.5. The van der Waals surface area contributed by atoms with Gasteiger partial charge in [0, 0.05) is 15.5 Å². The second-order valence-electron chi connectivity index (χ2n) is 4.43. The van der Waals surface area contributed by atoms with Gasteiger partial charge in [-0.3, -0.25) is 19.7 Å². The van der Waals surface area contributed by atoms with Crippen LogP contribution < -0.4 is 0 Å². The number of rotatable bonds is 6. The van der Waals surface area contributed by atoms with Gasteiger partial charge in [-0.15, -0.1) is 0 Å². The van der Waals surface area contributed by atoms with Crippen LogP contribution in [0.25, 0.3) is 0 Å². The molecule has 1 atom stereocenters. The molecule has 0 bridgehead atoms. The van der Waals surface area contributed by atoms with Crippen LogP contribution in [-0.2, 0) is 19.1 Å². The summed E-state index contributed by atoms with van der Waals surface area (Å²) in [4.78, 5) is 33.5. The quantitative estimate of drug-likeness (QED) is 0.336. The normalized spacial score (nSPS) is 11.9. The van der Waals surface area contributed by atoms with Crippen LogP contribution in [0.4, 0.5) is 8.78 Å². The Bertz CT molecular complexity index is 600. The Hall–Kier alpha value is -2.29. The molecule has 0 spiro atoms. The minimum atomic E-state index is -1.90. The largest absolute Gasteiger partial charge is 0.468 e. The van der Waals surface area contributed by atoms with Crippen molar-refractivity contribution in [3.63, 3.8) is 0 Å². The van der Waals surface area contributed by atoms with Gasteiger partial charge in [0.1, 0.15) is 11.6 Å². The SMILES string of the molecule is COC(=O)C(C(=O)OC)C(C[N+](=O)[O-])c1c(F)cc(Cl)cc1F. The molecule has 23 heavy (non-hydrogen) atoms. The summed E-state index contributed by atoms with van der Waals surface area (Å²) in [6, 6.07) is 1.44. The summed E-state index contributed by atoms with van der Waals surface area (Å²) in [5.74, 6) is -8.53. The number of hydrogen-bond donors (Lipinski definition) is 0. The van der Waals surface area contributed by atoms with Gasteiger partial charge in [0.15, 0.2) is 5.92 Å². The standard InChI is InChI=1S/C13H12ClF2NO6/c1-22-12(18)11(13(19)23-2)7(5-17(20)21)10-8(15)3-6(14)4-9(10)16/h3-4,7,11H,5H2,1-2H3. The van der Waals surface area contributed by atoms with E-state index in [0.717, 1.165) is 26.4 Å². The van der Waals surface area contributed by atoms with Gasteiger partial charge in [-0.25, -0.2) is 8.78 Å². The number of benzene rings is 1. The summed E-state index contributed by atoms with van der Waals surface area (Å²) < 4.78 is 36.9. The van der Waals surface area contributed by atoms with E-state index >= 15 is 0 Å². The van der Waals surface area contributed by atoms with Crippen molar-refractivity contribution in [3.05, 3.63) is 44.5 Å². The van der Waals surface area contributed by atoms with E-state index < -0.39 is 52.4 Å². The molecular weight excluding hydrogens is 340 g/mol. The minimum Gasteiger partial charge on any atom is -0.468 e. The highest BCUT2D eigenvalue weighted by Crippen LogP contribution is 2.33. The summed E-state index contributed by atoms with van der Waals surface area (Å²) in [5.41, 5.74) is -0.813. The Morgan fingerprint density at radius 3 is 2.00 bits per heavy atom. The monoisotopic (exact) mass is 351 g/mol. The third kappa shape index (κ3) is 4.35. The van der Waals surface area contributed by atoms with Gasteiger partial charge in [0.05, 0.1) is 20.1 Å². The van der Waals surface area contributed by atoms with Gasteiger partial charge in [0.2, 0.25) is 6.54 Å². The Labute approximate surface area is 134 Å². The van der Waals surface area contributed by atoms with Crippen LogP contribution in [0.2, 0.25) is 5.02 Å². The molecule has 0 heterocycles. The van der Waals surface area contributed by atoms with E-state index in [0.29, 0.717) is 0 Å². The fourth-order valence-electron chi connectivity index (χ4n) is 2.11. The highest BCUT2D eigenvalue weighted by molar-refractivity contribution is 6.30. The van der Waals surface area contributed by atoms with Crippen LogP contribution in [0.1, 0.15) is 11.5 Å². The van der Waals surface area contributed by atoms with E-state index in [1.165, 1.54) is 0 Å². The zero-order chi connectivity index (χ0) is 17.7. The van der Waals surface area contributed by atoms with Crippen LogP contribution in [0.15, 0.2) is 12.1 Å². The first kappa shape index (κ1) is 18.8.